The van der Waals surface area contributed by atoms with Gasteiger partial charge in [-0.05, 0) is 31.0 Å². The van der Waals surface area contributed by atoms with Gasteiger partial charge < -0.3 is 15.2 Å². The van der Waals surface area contributed by atoms with Crippen molar-refractivity contribution in [3.8, 4) is 0 Å². The number of amides is 2. The summed E-state index contributed by atoms with van der Waals surface area (Å²) in [6.45, 7) is 0. The summed E-state index contributed by atoms with van der Waals surface area (Å²) >= 11 is 1.31. The number of thioether (sulfide) groups is 1. The minimum atomic E-state index is -0.155. The Labute approximate surface area is 137 Å². The zero-order valence-electron chi connectivity index (χ0n) is 12.7. The van der Waals surface area contributed by atoms with Crippen molar-refractivity contribution < 1.29 is 9.59 Å². The van der Waals surface area contributed by atoms with Gasteiger partial charge in [-0.15, -0.1) is 10.2 Å². The molecule has 1 aliphatic carbocycles. The van der Waals surface area contributed by atoms with Crippen LogP contribution in [0.25, 0.3) is 0 Å². The second-order valence-corrected chi connectivity index (χ2v) is 6.33. The van der Waals surface area contributed by atoms with Gasteiger partial charge >= 0.3 is 0 Å². The average molecular weight is 331 g/mol. The summed E-state index contributed by atoms with van der Waals surface area (Å²) in [4.78, 5) is 24.0. The zero-order chi connectivity index (χ0) is 16.2. The third-order valence-electron chi connectivity index (χ3n) is 3.32. The minimum Gasteiger partial charge on any atom is -0.349 e. The molecule has 1 aliphatic rings. The van der Waals surface area contributed by atoms with Gasteiger partial charge in [-0.25, -0.2) is 0 Å². The first kappa shape index (κ1) is 15.5. The fourth-order valence-electron chi connectivity index (χ4n) is 1.97. The van der Waals surface area contributed by atoms with Crippen molar-refractivity contribution in [2.75, 3.05) is 11.1 Å². The lowest BCUT2D eigenvalue weighted by molar-refractivity contribution is -0.113. The van der Waals surface area contributed by atoms with Gasteiger partial charge in [-0.1, -0.05) is 17.8 Å². The molecule has 3 rings (SSSR count). The van der Waals surface area contributed by atoms with Crippen molar-refractivity contribution in [2.24, 2.45) is 7.05 Å². The lowest BCUT2D eigenvalue weighted by Crippen LogP contribution is -2.25. The monoisotopic (exact) mass is 331 g/mol. The Bertz CT molecular complexity index is 726. The standard InChI is InChI=1S/C15H17N5O2S/c1-20-9-16-19-15(20)23-8-13(21)17-12-4-2-3-10(7-12)14(22)18-11-5-6-11/h2-4,7,9,11H,5-6,8H2,1H3,(H,17,21)(H,18,22). The van der Waals surface area contributed by atoms with Gasteiger partial charge in [0.05, 0.1) is 5.75 Å². The van der Waals surface area contributed by atoms with Crippen LogP contribution in [0.1, 0.15) is 23.2 Å². The van der Waals surface area contributed by atoms with E-state index in [1.165, 1.54) is 11.8 Å². The first-order chi connectivity index (χ1) is 11.1. The lowest BCUT2D eigenvalue weighted by atomic mass is 10.2. The Balaban J connectivity index is 1.55. The molecule has 0 aliphatic heterocycles. The number of benzene rings is 1. The van der Waals surface area contributed by atoms with Crippen LogP contribution >= 0.6 is 11.8 Å². The van der Waals surface area contributed by atoms with E-state index in [1.54, 1.807) is 35.2 Å². The predicted molar refractivity (Wildman–Crippen MR) is 87.3 cm³/mol. The predicted octanol–water partition coefficient (Wildman–Crippen LogP) is 1.44. The molecule has 1 aromatic heterocycles. The van der Waals surface area contributed by atoms with E-state index < -0.39 is 0 Å². The Hall–Kier alpha value is -2.35. The van der Waals surface area contributed by atoms with Gasteiger partial charge in [-0.3, -0.25) is 9.59 Å². The summed E-state index contributed by atoms with van der Waals surface area (Å²) in [6.07, 6.45) is 3.67. The molecular weight excluding hydrogens is 314 g/mol. The summed E-state index contributed by atoms with van der Waals surface area (Å²) in [5.41, 5.74) is 1.16. The third-order valence-corrected chi connectivity index (χ3v) is 4.36. The van der Waals surface area contributed by atoms with Crippen molar-refractivity contribution in [3.05, 3.63) is 36.2 Å². The molecule has 1 saturated carbocycles. The highest BCUT2D eigenvalue weighted by molar-refractivity contribution is 7.99. The molecule has 1 aromatic carbocycles. The topological polar surface area (TPSA) is 88.9 Å². The molecule has 0 radical (unpaired) electrons. The van der Waals surface area contributed by atoms with Crippen LogP contribution in [0.5, 0.6) is 0 Å². The average Bonchev–Trinajstić information content (AvgIpc) is 3.25. The highest BCUT2D eigenvalue weighted by atomic mass is 32.2. The Morgan fingerprint density at radius 1 is 1.39 bits per heavy atom. The highest BCUT2D eigenvalue weighted by Gasteiger charge is 2.23. The number of aromatic nitrogens is 3. The number of hydrogen-bond donors (Lipinski definition) is 2. The zero-order valence-corrected chi connectivity index (χ0v) is 13.5. The van der Waals surface area contributed by atoms with Crippen LogP contribution in [0, 0.1) is 0 Å². The SMILES string of the molecule is Cn1cnnc1SCC(=O)Nc1cccc(C(=O)NC2CC2)c1. The van der Waals surface area contributed by atoms with E-state index >= 15 is 0 Å². The maximum Gasteiger partial charge on any atom is 0.251 e. The molecule has 8 heteroatoms. The number of carbonyl (C=O) groups excluding carboxylic acids is 2. The van der Waals surface area contributed by atoms with Crippen LogP contribution in [0.15, 0.2) is 35.7 Å². The first-order valence-electron chi connectivity index (χ1n) is 7.29. The highest BCUT2D eigenvalue weighted by Crippen LogP contribution is 2.20. The maximum absolute atomic E-state index is 12.0. The summed E-state index contributed by atoms with van der Waals surface area (Å²) in [7, 11) is 1.82. The van der Waals surface area contributed by atoms with E-state index in [9.17, 15) is 9.59 Å². The Morgan fingerprint density at radius 2 is 2.22 bits per heavy atom. The second-order valence-electron chi connectivity index (χ2n) is 5.39. The maximum atomic E-state index is 12.0. The lowest BCUT2D eigenvalue weighted by Gasteiger charge is -2.08. The number of nitrogens with zero attached hydrogens (tertiary/aromatic N) is 3. The summed E-state index contributed by atoms with van der Waals surface area (Å²) in [5, 5.41) is 14.1. The Morgan fingerprint density at radius 3 is 2.91 bits per heavy atom. The van der Waals surface area contributed by atoms with Gasteiger partial charge in [0.1, 0.15) is 6.33 Å². The van der Waals surface area contributed by atoms with E-state index in [0.717, 1.165) is 12.8 Å². The number of carbonyl (C=O) groups is 2. The number of anilines is 1. The molecule has 23 heavy (non-hydrogen) atoms. The van der Waals surface area contributed by atoms with E-state index in [-0.39, 0.29) is 17.6 Å². The van der Waals surface area contributed by atoms with Crippen molar-refractivity contribution in [1.29, 1.82) is 0 Å². The summed E-state index contributed by atoms with van der Waals surface area (Å²) < 4.78 is 1.75. The number of nitrogens with one attached hydrogen (secondary N) is 2. The molecule has 0 spiro atoms. The number of hydrogen-bond acceptors (Lipinski definition) is 5. The van der Waals surface area contributed by atoms with Crippen molar-refractivity contribution in [2.45, 2.75) is 24.0 Å². The normalized spacial score (nSPS) is 13.6. The molecule has 120 valence electrons. The van der Waals surface area contributed by atoms with E-state index in [0.29, 0.717) is 22.4 Å². The molecular formula is C15H17N5O2S. The van der Waals surface area contributed by atoms with Crippen LogP contribution in [0.4, 0.5) is 5.69 Å². The van der Waals surface area contributed by atoms with Gasteiger partial charge in [-0.2, -0.15) is 0 Å². The molecule has 0 unspecified atom stereocenters. The third kappa shape index (κ3) is 4.32. The summed E-state index contributed by atoms with van der Waals surface area (Å²) in [5.74, 6) is -0.0276. The van der Waals surface area contributed by atoms with E-state index in [4.69, 9.17) is 0 Å². The van der Waals surface area contributed by atoms with Gasteiger partial charge in [0, 0.05) is 24.3 Å². The smallest absolute Gasteiger partial charge is 0.251 e. The summed E-state index contributed by atoms with van der Waals surface area (Å²) in [6, 6.07) is 7.25. The Kier molecular flexibility index (Phi) is 4.61. The molecule has 7 nitrogen and oxygen atoms in total. The molecule has 1 fully saturated rings. The number of aryl methyl sites for hydroxylation is 1. The molecule has 2 N–H and O–H groups in total. The van der Waals surface area contributed by atoms with E-state index in [2.05, 4.69) is 20.8 Å². The van der Waals surface area contributed by atoms with Gasteiger partial charge in [0.2, 0.25) is 5.91 Å². The molecule has 0 bridgehead atoms. The van der Waals surface area contributed by atoms with Crippen molar-refractivity contribution in [1.82, 2.24) is 20.1 Å². The largest absolute Gasteiger partial charge is 0.349 e. The fraction of sp³-hybridized carbons (Fsp3) is 0.333. The molecule has 1 heterocycles. The fourth-order valence-corrected chi connectivity index (χ4v) is 2.65. The number of rotatable bonds is 6. The van der Waals surface area contributed by atoms with Crippen LogP contribution in [0.3, 0.4) is 0 Å². The van der Waals surface area contributed by atoms with Crippen molar-refractivity contribution in [3.63, 3.8) is 0 Å². The molecule has 2 amide bonds. The van der Waals surface area contributed by atoms with Gasteiger partial charge in [0.15, 0.2) is 5.16 Å². The van der Waals surface area contributed by atoms with Crippen LogP contribution < -0.4 is 10.6 Å². The van der Waals surface area contributed by atoms with Gasteiger partial charge in [0.25, 0.3) is 5.91 Å². The van der Waals surface area contributed by atoms with Crippen LogP contribution in [-0.4, -0.2) is 38.4 Å². The van der Waals surface area contributed by atoms with Crippen LogP contribution in [-0.2, 0) is 11.8 Å². The van der Waals surface area contributed by atoms with Crippen LogP contribution in [0.2, 0.25) is 0 Å². The minimum absolute atomic E-state index is 0.0999. The quantitative estimate of drug-likeness (QED) is 0.782. The molecule has 2 aromatic rings. The molecule has 0 atom stereocenters. The van der Waals surface area contributed by atoms with E-state index in [1.807, 2.05) is 7.05 Å². The second kappa shape index (κ2) is 6.82. The first-order valence-corrected chi connectivity index (χ1v) is 8.28. The molecule has 0 saturated heterocycles. The van der Waals surface area contributed by atoms with Crippen molar-refractivity contribution >= 4 is 29.3 Å².